The van der Waals surface area contributed by atoms with Gasteiger partial charge in [-0.3, -0.25) is 9.69 Å². The Morgan fingerprint density at radius 1 is 1.06 bits per heavy atom. The maximum atomic E-state index is 12.5. The summed E-state index contributed by atoms with van der Waals surface area (Å²) in [4.78, 5) is 38.7. The average Bonchev–Trinajstić information content (AvgIpc) is 3.27. The highest BCUT2D eigenvalue weighted by atomic mass is 16.6. The number of rotatable bonds is 9. The Bertz CT molecular complexity index is 735. The van der Waals surface area contributed by atoms with E-state index < -0.39 is 17.5 Å². The fourth-order valence-electron chi connectivity index (χ4n) is 3.97. The van der Waals surface area contributed by atoms with Gasteiger partial charge in [-0.05, 0) is 54.0 Å². The van der Waals surface area contributed by atoms with Gasteiger partial charge in [-0.15, -0.1) is 0 Å². The summed E-state index contributed by atoms with van der Waals surface area (Å²) >= 11 is 0. The minimum atomic E-state index is -1.17. The van der Waals surface area contributed by atoms with Crippen LogP contribution in [0.25, 0.3) is 0 Å². The van der Waals surface area contributed by atoms with E-state index in [0.29, 0.717) is 5.57 Å². The van der Waals surface area contributed by atoms with Gasteiger partial charge in [-0.1, -0.05) is 12.2 Å². The van der Waals surface area contributed by atoms with Gasteiger partial charge in [0.2, 0.25) is 0 Å². The van der Waals surface area contributed by atoms with Crippen molar-refractivity contribution in [2.75, 3.05) is 26.3 Å². The van der Waals surface area contributed by atoms with Crippen molar-refractivity contribution in [3.8, 4) is 0 Å². The quantitative estimate of drug-likeness (QED) is 0.333. The van der Waals surface area contributed by atoms with Gasteiger partial charge in [0.25, 0.3) is 0 Å². The predicted molar refractivity (Wildman–Crippen MR) is 114 cm³/mol. The molecule has 31 heavy (non-hydrogen) atoms. The smallest absolute Gasteiger partial charge is 0.337 e. The molecular weight excluding hydrogens is 402 g/mol. The SMILES string of the molecule is C/C=C(\C)C(=O)OC1CCN2CCC(COC(=O)/C(=C/C)COC(=O)CC(C)(C)O)C12. The van der Waals surface area contributed by atoms with Crippen molar-refractivity contribution in [2.45, 2.75) is 71.6 Å². The van der Waals surface area contributed by atoms with Gasteiger partial charge < -0.3 is 19.3 Å². The Balaban J connectivity index is 1.87. The topological polar surface area (TPSA) is 102 Å². The lowest BCUT2D eigenvalue weighted by Gasteiger charge is -2.26. The van der Waals surface area contributed by atoms with Crippen LogP contribution in [0.2, 0.25) is 0 Å². The van der Waals surface area contributed by atoms with Crippen LogP contribution in [0.1, 0.15) is 53.9 Å². The van der Waals surface area contributed by atoms with E-state index in [4.69, 9.17) is 14.2 Å². The zero-order valence-electron chi connectivity index (χ0n) is 19.2. The number of hydrogen-bond donors (Lipinski definition) is 1. The van der Waals surface area contributed by atoms with Gasteiger partial charge in [0, 0.05) is 18.0 Å². The Morgan fingerprint density at radius 2 is 1.74 bits per heavy atom. The molecule has 2 heterocycles. The average molecular weight is 438 g/mol. The first kappa shape index (κ1) is 25.1. The van der Waals surface area contributed by atoms with E-state index in [2.05, 4.69) is 4.90 Å². The molecule has 174 valence electrons. The van der Waals surface area contributed by atoms with Crippen LogP contribution < -0.4 is 0 Å². The molecule has 8 nitrogen and oxygen atoms in total. The Hall–Kier alpha value is -2.19. The second kappa shape index (κ2) is 10.9. The first-order valence-corrected chi connectivity index (χ1v) is 10.8. The van der Waals surface area contributed by atoms with E-state index in [-0.39, 0.29) is 49.2 Å². The number of carbonyl (C=O) groups is 3. The number of esters is 3. The van der Waals surface area contributed by atoms with Gasteiger partial charge in [0.05, 0.1) is 30.2 Å². The van der Waals surface area contributed by atoms with Crippen LogP contribution >= 0.6 is 0 Å². The Morgan fingerprint density at radius 3 is 2.35 bits per heavy atom. The molecule has 2 rings (SSSR count). The lowest BCUT2D eigenvalue weighted by molar-refractivity contribution is -0.150. The summed E-state index contributed by atoms with van der Waals surface area (Å²) in [7, 11) is 0. The molecule has 0 aromatic carbocycles. The van der Waals surface area contributed by atoms with Gasteiger partial charge in [0.15, 0.2) is 0 Å². The molecular formula is C23H35NO7. The zero-order valence-corrected chi connectivity index (χ0v) is 19.2. The van der Waals surface area contributed by atoms with Crippen LogP contribution in [0.4, 0.5) is 0 Å². The van der Waals surface area contributed by atoms with E-state index in [9.17, 15) is 19.5 Å². The maximum absolute atomic E-state index is 12.5. The number of ether oxygens (including phenoxy) is 3. The lowest BCUT2D eigenvalue weighted by Crippen LogP contribution is -2.38. The lowest BCUT2D eigenvalue weighted by atomic mass is 9.97. The summed E-state index contributed by atoms with van der Waals surface area (Å²) < 4.78 is 16.3. The fourth-order valence-corrected chi connectivity index (χ4v) is 3.97. The summed E-state index contributed by atoms with van der Waals surface area (Å²) in [5.74, 6) is -1.35. The van der Waals surface area contributed by atoms with Gasteiger partial charge >= 0.3 is 17.9 Å². The molecule has 1 N–H and O–H groups in total. The molecule has 0 saturated carbocycles. The van der Waals surface area contributed by atoms with Crippen molar-refractivity contribution >= 4 is 17.9 Å². The molecule has 0 spiro atoms. The van der Waals surface area contributed by atoms with Crippen LogP contribution in [0.3, 0.4) is 0 Å². The summed E-state index contributed by atoms with van der Waals surface area (Å²) in [5.41, 5.74) is -0.345. The molecule has 2 fully saturated rings. The number of allylic oxidation sites excluding steroid dienone is 2. The summed E-state index contributed by atoms with van der Waals surface area (Å²) in [6.45, 7) is 9.99. The fraction of sp³-hybridized carbons (Fsp3) is 0.696. The monoisotopic (exact) mass is 437 g/mol. The van der Waals surface area contributed by atoms with Crippen molar-refractivity contribution in [2.24, 2.45) is 5.92 Å². The predicted octanol–water partition coefficient (Wildman–Crippen LogP) is 2.15. The van der Waals surface area contributed by atoms with Crippen LogP contribution in [-0.2, 0) is 28.6 Å². The first-order valence-electron chi connectivity index (χ1n) is 10.8. The summed E-state index contributed by atoms with van der Waals surface area (Å²) in [5, 5.41) is 9.67. The standard InChI is InChI=1S/C23H35NO7/c1-6-15(3)21(26)31-18-9-11-24-10-8-17(20(18)24)14-30-22(27)16(7-2)13-29-19(25)12-23(4,5)28/h6-7,17-18,20,28H,8-14H2,1-5H3/b15-6+,16-7+. The number of hydrogen-bond acceptors (Lipinski definition) is 8. The number of nitrogens with zero attached hydrogens (tertiary/aromatic N) is 1. The molecule has 0 aromatic heterocycles. The van der Waals surface area contributed by atoms with Crippen LogP contribution in [0.15, 0.2) is 23.3 Å². The second-order valence-corrected chi connectivity index (χ2v) is 8.84. The van der Waals surface area contributed by atoms with Gasteiger partial charge in [-0.2, -0.15) is 0 Å². The third kappa shape index (κ3) is 7.18. The molecule has 0 aromatic rings. The minimum absolute atomic E-state index is 0.0417. The maximum Gasteiger partial charge on any atom is 0.337 e. The Labute approximate surface area is 184 Å². The van der Waals surface area contributed by atoms with Crippen molar-refractivity contribution in [3.05, 3.63) is 23.3 Å². The van der Waals surface area contributed by atoms with E-state index in [0.717, 1.165) is 25.9 Å². The number of fused-ring (bicyclic) bond motifs is 1. The van der Waals surface area contributed by atoms with Crippen molar-refractivity contribution in [1.29, 1.82) is 0 Å². The van der Waals surface area contributed by atoms with E-state index in [1.54, 1.807) is 32.9 Å². The molecule has 0 amide bonds. The summed E-state index contributed by atoms with van der Waals surface area (Å²) in [6, 6.07) is 0.0417. The van der Waals surface area contributed by atoms with Crippen LogP contribution in [-0.4, -0.2) is 72.0 Å². The number of aliphatic hydroxyl groups is 1. The Kier molecular flexibility index (Phi) is 8.82. The minimum Gasteiger partial charge on any atom is -0.462 e. The van der Waals surface area contributed by atoms with Crippen molar-refractivity contribution in [3.63, 3.8) is 0 Å². The highest BCUT2D eigenvalue weighted by molar-refractivity contribution is 5.89. The highest BCUT2D eigenvalue weighted by Gasteiger charge is 2.46. The van der Waals surface area contributed by atoms with E-state index in [1.807, 2.05) is 0 Å². The van der Waals surface area contributed by atoms with E-state index >= 15 is 0 Å². The second-order valence-electron chi connectivity index (χ2n) is 8.84. The first-order chi connectivity index (χ1) is 14.6. The van der Waals surface area contributed by atoms with Gasteiger partial charge in [-0.25, -0.2) is 9.59 Å². The highest BCUT2D eigenvalue weighted by Crippen LogP contribution is 2.35. The molecule has 3 unspecified atom stereocenters. The van der Waals surface area contributed by atoms with E-state index in [1.165, 1.54) is 13.8 Å². The third-order valence-electron chi connectivity index (χ3n) is 5.79. The molecule has 0 bridgehead atoms. The molecule has 2 aliphatic heterocycles. The molecule has 3 atom stereocenters. The normalized spacial score (nSPS) is 24.6. The van der Waals surface area contributed by atoms with Crippen molar-refractivity contribution < 1.29 is 33.7 Å². The molecule has 2 saturated heterocycles. The molecule has 2 aliphatic rings. The molecule has 0 aliphatic carbocycles. The van der Waals surface area contributed by atoms with Crippen molar-refractivity contribution in [1.82, 2.24) is 4.90 Å². The summed E-state index contributed by atoms with van der Waals surface area (Å²) in [6.07, 6.45) is 4.55. The van der Waals surface area contributed by atoms with Crippen LogP contribution in [0.5, 0.6) is 0 Å². The third-order valence-corrected chi connectivity index (χ3v) is 5.79. The largest absolute Gasteiger partial charge is 0.462 e. The number of carbonyl (C=O) groups excluding carboxylic acids is 3. The molecule has 8 heteroatoms. The van der Waals surface area contributed by atoms with Crippen LogP contribution in [0, 0.1) is 5.92 Å². The van der Waals surface area contributed by atoms with Gasteiger partial charge in [0.1, 0.15) is 12.7 Å². The molecule has 0 radical (unpaired) electrons. The zero-order chi connectivity index (χ0) is 23.2.